The van der Waals surface area contributed by atoms with Gasteiger partial charge in [-0.05, 0) is 26.0 Å². The molecule has 2 heterocycles. The normalized spacial score (nSPS) is 15.9. The molecule has 15 heavy (non-hydrogen) atoms. The van der Waals surface area contributed by atoms with Crippen LogP contribution in [0.1, 0.15) is 18.6 Å². The molecule has 4 nitrogen and oxygen atoms in total. The number of nitrogens with zero attached hydrogens (tertiary/aromatic N) is 1. The van der Waals surface area contributed by atoms with Crippen LogP contribution in [0.2, 0.25) is 0 Å². The van der Waals surface area contributed by atoms with Crippen LogP contribution in [0.25, 0.3) is 0 Å². The first kappa shape index (κ1) is 10.2. The summed E-state index contributed by atoms with van der Waals surface area (Å²) in [5.74, 6) is 1.58. The third kappa shape index (κ3) is 2.21. The largest absolute Gasteiger partial charge is 0.439 e. The van der Waals surface area contributed by atoms with Gasteiger partial charge in [0.15, 0.2) is 11.6 Å². The van der Waals surface area contributed by atoms with Gasteiger partial charge in [0.25, 0.3) is 0 Å². The first-order chi connectivity index (χ1) is 7.31. The van der Waals surface area contributed by atoms with Crippen molar-refractivity contribution in [3.8, 4) is 0 Å². The highest BCUT2D eigenvalue weighted by Gasteiger charge is 2.16. The zero-order valence-corrected chi connectivity index (χ0v) is 9.05. The van der Waals surface area contributed by atoms with Crippen molar-refractivity contribution in [1.82, 2.24) is 5.32 Å². The van der Waals surface area contributed by atoms with Crippen LogP contribution in [0.15, 0.2) is 16.5 Å². The highest BCUT2D eigenvalue weighted by molar-refractivity contribution is 5.97. The fourth-order valence-electron chi connectivity index (χ4n) is 1.86. The summed E-state index contributed by atoms with van der Waals surface area (Å²) < 4.78 is 5.64. The second-order valence-electron chi connectivity index (χ2n) is 3.84. The number of likely N-dealkylation sites (N-methyl/N-ethyl adjacent to an activating group) is 1. The van der Waals surface area contributed by atoms with Gasteiger partial charge in [-0.2, -0.15) is 0 Å². The molecule has 0 spiro atoms. The molecule has 2 N–H and O–H groups in total. The van der Waals surface area contributed by atoms with E-state index < -0.39 is 0 Å². The van der Waals surface area contributed by atoms with E-state index in [9.17, 15) is 0 Å². The van der Waals surface area contributed by atoms with Gasteiger partial charge >= 0.3 is 0 Å². The quantitative estimate of drug-likeness (QED) is 0.735. The molecule has 1 aromatic rings. The van der Waals surface area contributed by atoms with Crippen molar-refractivity contribution in [2.24, 2.45) is 0 Å². The Bertz CT molecular complexity index is 339. The lowest BCUT2D eigenvalue weighted by Gasteiger charge is -2.12. The Labute approximate surface area is 89.8 Å². The molecule has 1 aromatic heterocycles. The van der Waals surface area contributed by atoms with Crippen LogP contribution >= 0.6 is 0 Å². The van der Waals surface area contributed by atoms with Crippen LogP contribution in [0, 0.1) is 5.41 Å². The minimum atomic E-state index is 0.503. The monoisotopic (exact) mass is 207 g/mol. The standard InChI is InChI=1S/C11H17N3O/c1-13-8-9(12)10-4-5-11(15-10)14-6-2-3-7-14/h4-5,12-13H,2-3,6-8H2,1H3. The molecule has 0 bridgehead atoms. The molecule has 0 aliphatic carbocycles. The van der Waals surface area contributed by atoms with E-state index in [-0.39, 0.29) is 0 Å². The van der Waals surface area contributed by atoms with Crippen molar-refractivity contribution < 1.29 is 4.42 Å². The number of rotatable bonds is 4. The lowest BCUT2D eigenvalue weighted by atomic mass is 10.3. The number of nitrogens with one attached hydrogen (secondary N) is 2. The maximum Gasteiger partial charge on any atom is 0.196 e. The van der Waals surface area contributed by atoms with Crippen molar-refractivity contribution in [2.45, 2.75) is 12.8 Å². The molecule has 2 rings (SSSR count). The summed E-state index contributed by atoms with van der Waals surface area (Å²) in [6.07, 6.45) is 2.48. The van der Waals surface area contributed by atoms with E-state index >= 15 is 0 Å². The van der Waals surface area contributed by atoms with Crippen LogP contribution in [0.5, 0.6) is 0 Å². The number of hydrogen-bond acceptors (Lipinski definition) is 4. The fourth-order valence-corrected chi connectivity index (χ4v) is 1.86. The maximum absolute atomic E-state index is 7.74. The van der Waals surface area contributed by atoms with E-state index in [4.69, 9.17) is 9.83 Å². The van der Waals surface area contributed by atoms with Gasteiger partial charge in [-0.15, -0.1) is 0 Å². The van der Waals surface area contributed by atoms with E-state index in [1.54, 1.807) is 0 Å². The van der Waals surface area contributed by atoms with Crippen LogP contribution in [0.4, 0.5) is 5.88 Å². The van der Waals surface area contributed by atoms with Crippen molar-refractivity contribution in [2.75, 3.05) is 31.6 Å². The first-order valence-corrected chi connectivity index (χ1v) is 5.38. The van der Waals surface area contributed by atoms with Crippen molar-refractivity contribution in [3.63, 3.8) is 0 Å². The topological polar surface area (TPSA) is 52.3 Å². The molecule has 0 unspecified atom stereocenters. The number of furan rings is 1. The van der Waals surface area contributed by atoms with Crippen molar-refractivity contribution in [1.29, 1.82) is 5.41 Å². The van der Waals surface area contributed by atoms with Gasteiger partial charge in [-0.3, -0.25) is 0 Å². The SMILES string of the molecule is CNCC(=N)c1ccc(N2CCCC2)o1. The Balaban J connectivity index is 2.06. The van der Waals surface area contributed by atoms with E-state index in [0.29, 0.717) is 18.0 Å². The molecule has 0 radical (unpaired) electrons. The minimum Gasteiger partial charge on any atom is -0.439 e. The summed E-state index contributed by atoms with van der Waals surface area (Å²) >= 11 is 0. The van der Waals surface area contributed by atoms with Gasteiger partial charge in [0, 0.05) is 25.7 Å². The third-order valence-corrected chi connectivity index (χ3v) is 2.66. The summed E-state index contributed by atoms with van der Waals surface area (Å²) in [7, 11) is 1.83. The Morgan fingerprint density at radius 2 is 2.20 bits per heavy atom. The Morgan fingerprint density at radius 1 is 1.47 bits per heavy atom. The summed E-state index contributed by atoms with van der Waals surface area (Å²) in [5, 5.41) is 10.7. The predicted molar refractivity (Wildman–Crippen MR) is 60.9 cm³/mol. The molecule has 0 amide bonds. The third-order valence-electron chi connectivity index (χ3n) is 2.66. The molecule has 0 aromatic carbocycles. The van der Waals surface area contributed by atoms with E-state index in [0.717, 1.165) is 19.0 Å². The van der Waals surface area contributed by atoms with Crippen LogP contribution in [-0.2, 0) is 0 Å². The summed E-state index contributed by atoms with van der Waals surface area (Å²) in [6, 6.07) is 3.85. The molecular formula is C11H17N3O. The van der Waals surface area contributed by atoms with E-state index in [1.165, 1.54) is 12.8 Å². The second-order valence-corrected chi connectivity index (χ2v) is 3.84. The van der Waals surface area contributed by atoms with Crippen molar-refractivity contribution >= 4 is 11.6 Å². The molecule has 4 heteroatoms. The fraction of sp³-hybridized carbons (Fsp3) is 0.545. The molecular weight excluding hydrogens is 190 g/mol. The average molecular weight is 207 g/mol. The van der Waals surface area contributed by atoms with Gasteiger partial charge < -0.3 is 20.0 Å². The molecule has 1 aliphatic heterocycles. The van der Waals surface area contributed by atoms with Gasteiger partial charge in [-0.1, -0.05) is 0 Å². The van der Waals surface area contributed by atoms with Gasteiger partial charge in [0.2, 0.25) is 0 Å². The van der Waals surface area contributed by atoms with E-state index in [1.807, 2.05) is 19.2 Å². The van der Waals surface area contributed by atoms with Crippen LogP contribution in [0.3, 0.4) is 0 Å². The lowest BCUT2D eigenvalue weighted by molar-refractivity contribution is 0.546. The zero-order valence-electron chi connectivity index (χ0n) is 9.05. The second kappa shape index (κ2) is 4.49. The van der Waals surface area contributed by atoms with Crippen LogP contribution in [-0.4, -0.2) is 32.4 Å². The number of hydrogen-bond donors (Lipinski definition) is 2. The van der Waals surface area contributed by atoms with Gasteiger partial charge in [0.1, 0.15) is 0 Å². The predicted octanol–water partition coefficient (Wildman–Crippen LogP) is 1.47. The van der Waals surface area contributed by atoms with Crippen molar-refractivity contribution in [3.05, 3.63) is 17.9 Å². The highest BCUT2D eigenvalue weighted by atomic mass is 16.4. The lowest BCUT2D eigenvalue weighted by Crippen LogP contribution is -2.18. The maximum atomic E-state index is 7.74. The smallest absolute Gasteiger partial charge is 0.196 e. The zero-order chi connectivity index (χ0) is 10.7. The molecule has 0 saturated carbocycles. The first-order valence-electron chi connectivity index (χ1n) is 5.38. The molecule has 1 fully saturated rings. The Morgan fingerprint density at radius 3 is 2.87 bits per heavy atom. The van der Waals surface area contributed by atoms with E-state index in [2.05, 4.69) is 10.2 Å². The summed E-state index contributed by atoms with van der Waals surface area (Å²) in [4.78, 5) is 2.23. The van der Waals surface area contributed by atoms with Gasteiger partial charge in [0.05, 0.1) is 5.71 Å². The Hall–Kier alpha value is -1.29. The highest BCUT2D eigenvalue weighted by Crippen LogP contribution is 2.22. The molecule has 82 valence electrons. The molecule has 1 saturated heterocycles. The Kier molecular flexibility index (Phi) is 3.06. The summed E-state index contributed by atoms with van der Waals surface area (Å²) in [5.41, 5.74) is 0.503. The minimum absolute atomic E-state index is 0.503. The average Bonchev–Trinajstić information content (AvgIpc) is 2.89. The molecule has 0 atom stereocenters. The molecule has 1 aliphatic rings. The van der Waals surface area contributed by atoms with Crippen LogP contribution < -0.4 is 10.2 Å². The summed E-state index contributed by atoms with van der Waals surface area (Å²) in [6.45, 7) is 2.70. The van der Waals surface area contributed by atoms with Gasteiger partial charge in [-0.25, -0.2) is 0 Å². The number of anilines is 1.